The first-order valence-electron chi connectivity index (χ1n) is 11.1. The SMILES string of the molecule is CC[C@H](C)c1ccc(N(C(=O)C(F)(F)F)[C@H](C(=O)NC2CCCCC2)c2cccs2)cc1. The molecule has 32 heavy (non-hydrogen) atoms. The summed E-state index contributed by atoms with van der Waals surface area (Å²) in [6.07, 6.45) is 0.372. The molecular formula is C24H29F3N2O2S. The number of benzene rings is 1. The Morgan fingerprint density at radius 1 is 1.12 bits per heavy atom. The summed E-state index contributed by atoms with van der Waals surface area (Å²) in [5.74, 6) is -2.40. The molecule has 0 aliphatic heterocycles. The van der Waals surface area contributed by atoms with Crippen LogP contribution >= 0.6 is 11.3 Å². The van der Waals surface area contributed by atoms with Crippen molar-refractivity contribution >= 4 is 28.8 Å². The molecule has 8 heteroatoms. The maximum atomic E-state index is 13.7. The highest BCUT2D eigenvalue weighted by molar-refractivity contribution is 7.10. The van der Waals surface area contributed by atoms with Crippen molar-refractivity contribution in [3.63, 3.8) is 0 Å². The van der Waals surface area contributed by atoms with Crippen molar-refractivity contribution in [1.82, 2.24) is 5.32 Å². The maximum Gasteiger partial charge on any atom is 0.471 e. The van der Waals surface area contributed by atoms with Crippen LogP contribution in [0.25, 0.3) is 0 Å². The molecule has 2 amide bonds. The van der Waals surface area contributed by atoms with Crippen LogP contribution in [0.2, 0.25) is 0 Å². The van der Waals surface area contributed by atoms with E-state index in [4.69, 9.17) is 0 Å². The van der Waals surface area contributed by atoms with E-state index in [0.717, 1.165) is 55.4 Å². The Morgan fingerprint density at radius 3 is 2.31 bits per heavy atom. The second kappa shape index (κ2) is 10.5. The highest BCUT2D eigenvalue weighted by Crippen LogP contribution is 2.35. The molecule has 1 saturated carbocycles. The van der Waals surface area contributed by atoms with Crippen LogP contribution in [0.5, 0.6) is 0 Å². The van der Waals surface area contributed by atoms with E-state index in [1.54, 1.807) is 29.6 Å². The molecule has 0 unspecified atom stereocenters. The summed E-state index contributed by atoms with van der Waals surface area (Å²) >= 11 is 1.16. The Labute approximate surface area is 190 Å². The van der Waals surface area contributed by atoms with Crippen molar-refractivity contribution in [2.24, 2.45) is 0 Å². The Hall–Kier alpha value is -2.35. The molecule has 174 valence electrons. The lowest BCUT2D eigenvalue weighted by Gasteiger charge is -2.33. The van der Waals surface area contributed by atoms with Gasteiger partial charge in [-0.3, -0.25) is 14.5 Å². The largest absolute Gasteiger partial charge is 0.471 e. The second-order valence-corrected chi connectivity index (χ2v) is 9.31. The minimum absolute atomic E-state index is 0.0524. The third-order valence-corrected chi connectivity index (χ3v) is 7.01. The molecule has 3 rings (SSSR count). The molecular weight excluding hydrogens is 437 g/mol. The summed E-state index contributed by atoms with van der Waals surface area (Å²) in [4.78, 5) is 26.9. The van der Waals surface area contributed by atoms with E-state index in [2.05, 4.69) is 5.32 Å². The molecule has 1 N–H and O–H groups in total. The number of halogens is 3. The molecule has 4 nitrogen and oxygen atoms in total. The third kappa shape index (κ3) is 5.71. The van der Waals surface area contributed by atoms with Crippen LogP contribution in [0.15, 0.2) is 41.8 Å². The van der Waals surface area contributed by atoms with Gasteiger partial charge in [-0.1, -0.05) is 51.3 Å². The molecule has 1 aromatic carbocycles. The van der Waals surface area contributed by atoms with Crippen LogP contribution in [0, 0.1) is 0 Å². The molecule has 1 heterocycles. The molecule has 1 aliphatic carbocycles. The Morgan fingerprint density at radius 2 is 1.78 bits per heavy atom. The summed E-state index contributed by atoms with van der Waals surface area (Å²) in [5, 5.41) is 4.60. The monoisotopic (exact) mass is 466 g/mol. The van der Waals surface area contributed by atoms with Crippen LogP contribution < -0.4 is 10.2 Å². The van der Waals surface area contributed by atoms with Gasteiger partial charge in [-0.15, -0.1) is 11.3 Å². The topological polar surface area (TPSA) is 49.4 Å². The predicted molar refractivity (Wildman–Crippen MR) is 121 cm³/mol. The molecule has 1 fully saturated rings. The number of carbonyl (C=O) groups is 2. The first-order valence-corrected chi connectivity index (χ1v) is 11.9. The summed E-state index contributed by atoms with van der Waals surface area (Å²) in [6.45, 7) is 4.06. The highest BCUT2D eigenvalue weighted by atomic mass is 32.1. The lowest BCUT2D eigenvalue weighted by Crippen LogP contribution is -2.50. The molecule has 1 aromatic heterocycles. The molecule has 0 radical (unpaired) electrons. The van der Waals surface area contributed by atoms with Crippen LogP contribution in [0.4, 0.5) is 18.9 Å². The van der Waals surface area contributed by atoms with Crippen molar-refractivity contribution in [1.29, 1.82) is 0 Å². The number of hydrogen-bond acceptors (Lipinski definition) is 3. The number of amides is 2. The number of anilines is 1. The van der Waals surface area contributed by atoms with E-state index in [1.807, 2.05) is 13.8 Å². The molecule has 0 bridgehead atoms. The molecule has 1 aliphatic rings. The van der Waals surface area contributed by atoms with Gasteiger partial charge in [-0.25, -0.2) is 0 Å². The van der Waals surface area contributed by atoms with Crippen LogP contribution in [-0.4, -0.2) is 24.0 Å². The van der Waals surface area contributed by atoms with Crippen molar-refractivity contribution in [3.05, 3.63) is 52.2 Å². The fourth-order valence-corrected chi connectivity index (χ4v) is 4.88. The zero-order chi connectivity index (χ0) is 23.3. The average Bonchev–Trinajstić information content (AvgIpc) is 3.30. The van der Waals surface area contributed by atoms with Gasteiger partial charge in [0.05, 0.1) is 0 Å². The van der Waals surface area contributed by atoms with E-state index >= 15 is 0 Å². The van der Waals surface area contributed by atoms with Crippen molar-refractivity contribution in [2.45, 2.75) is 76.6 Å². The van der Waals surface area contributed by atoms with E-state index in [1.165, 1.54) is 12.1 Å². The predicted octanol–water partition coefficient (Wildman–Crippen LogP) is 6.35. The number of thiophene rings is 1. The number of nitrogens with one attached hydrogen (secondary N) is 1. The van der Waals surface area contributed by atoms with Gasteiger partial charge < -0.3 is 5.32 Å². The van der Waals surface area contributed by atoms with Crippen LogP contribution in [0.1, 0.15) is 74.8 Å². The average molecular weight is 467 g/mol. The van der Waals surface area contributed by atoms with Gasteiger partial charge in [0.15, 0.2) is 6.04 Å². The first kappa shape index (κ1) is 24.3. The van der Waals surface area contributed by atoms with Gasteiger partial charge >= 0.3 is 12.1 Å². The molecule has 2 atom stereocenters. The Balaban J connectivity index is 2.01. The normalized spacial score (nSPS) is 16.9. The van der Waals surface area contributed by atoms with Gasteiger partial charge in [-0.2, -0.15) is 13.2 Å². The Bertz CT molecular complexity index is 891. The van der Waals surface area contributed by atoms with E-state index < -0.39 is 24.0 Å². The zero-order valence-corrected chi connectivity index (χ0v) is 19.1. The summed E-state index contributed by atoms with van der Waals surface area (Å²) in [7, 11) is 0. The van der Waals surface area contributed by atoms with E-state index in [9.17, 15) is 22.8 Å². The molecule has 0 saturated heterocycles. The fraction of sp³-hybridized carbons (Fsp3) is 0.500. The van der Waals surface area contributed by atoms with Gasteiger partial charge in [0.25, 0.3) is 0 Å². The third-order valence-electron chi connectivity index (χ3n) is 6.08. The number of nitrogens with zero attached hydrogens (tertiary/aromatic N) is 1. The summed E-state index contributed by atoms with van der Waals surface area (Å²) in [5.41, 5.74) is 1.02. The second-order valence-electron chi connectivity index (χ2n) is 8.34. The number of carbonyl (C=O) groups excluding carboxylic acids is 2. The van der Waals surface area contributed by atoms with E-state index in [-0.39, 0.29) is 17.6 Å². The number of hydrogen-bond donors (Lipinski definition) is 1. The fourth-order valence-electron chi connectivity index (χ4n) is 4.07. The molecule has 2 aromatic rings. The lowest BCUT2D eigenvalue weighted by atomic mass is 9.95. The zero-order valence-electron chi connectivity index (χ0n) is 18.3. The Kier molecular flexibility index (Phi) is 7.98. The molecule has 0 spiro atoms. The minimum Gasteiger partial charge on any atom is -0.351 e. The first-order chi connectivity index (χ1) is 15.2. The van der Waals surface area contributed by atoms with Crippen LogP contribution in [0.3, 0.4) is 0 Å². The number of alkyl halides is 3. The lowest BCUT2D eigenvalue weighted by molar-refractivity contribution is -0.171. The van der Waals surface area contributed by atoms with Gasteiger partial charge in [-0.05, 0) is 54.3 Å². The van der Waals surface area contributed by atoms with E-state index in [0.29, 0.717) is 9.78 Å². The van der Waals surface area contributed by atoms with Crippen LogP contribution in [-0.2, 0) is 9.59 Å². The van der Waals surface area contributed by atoms with Crippen molar-refractivity contribution < 1.29 is 22.8 Å². The van der Waals surface area contributed by atoms with Crippen molar-refractivity contribution in [3.8, 4) is 0 Å². The van der Waals surface area contributed by atoms with Gasteiger partial charge in [0, 0.05) is 16.6 Å². The summed E-state index contributed by atoms with van der Waals surface area (Å²) < 4.78 is 41.0. The van der Waals surface area contributed by atoms with Gasteiger partial charge in [0.1, 0.15) is 0 Å². The number of rotatable bonds is 7. The summed E-state index contributed by atoms with van der Waals surface area (Å²) in [6, 6.07) is 8.24. The smallest absolute Gasteiger partial charge is 0.351 e. The van der Waals surface area contributed by atoms with Gasteiger partial charge in [0.2, 0.25) is 5.91 Å². The quantitative estimate of drug-likeness (QED) is 0.517. The maximum absolute atomic E-state index is 13.7. The highest BCUT2D eigenvalue weighted by Gasteiger charge is 2.47. The standard InChI is InChI=1S/C24H29F3N2O2S/c1-3-16(2)17-11-13-19(14-12-17)29(23(31)24(25,26)27)21(20-10-7-15-32-20)22(30)28-18-8-5-4-6-9-18/h7,10-16,18,21H,3-6,8-9H2,1-2H3,(H,28,30)/t16-,21-/m0/s1. The van der Waals surface area contributed by atoms with Crippen molar-refractivity contribution in [2.75, 3.05) is 4.90 Å². The minimum atomic E-state index is -5.12.